The van der Waals surface area contributed by atoms with Crippen LogP contribution in [0.25, 0.3) is 16.7 Å². The predicted octanol–water partition coefficient (Wildman–Crippen LogP) is 5.37. The molecule has 23 heteroatoms. The molecule has 9 heterocycles. The van der Waals surface area contributed by atoms with E-state index < -0.39 is 18.3 Å². The van der Waals surface area contributed by atoms with Gasteiger partial charge in [-0.15, -0.1) is 0 Å². The normalized spacial score (nSPS) is 29.9. The fourth-order valence-electron chi connectivity index (χ4n) is 13.5. The molecule has 0 saturated carbocycles. The summed E-state index contributed by atoms with van der Waals surface area (Å²) >= 11 is 7.49. The summed E-state index contributed by atoms with van der Waals surface area (Å²) in [5, 5.41) is 51.4. The van der Waals surface area contributed by atoms with E-state index in [9.17, 15) is 4.39 Å². The molecular weight excluding hydrogens is 1110 g/mol. The Morgan fingerprint density at radius 3 is 2.01 bits per heavy atom. The molecule has 11 atom stereocenters. The lowest BCUT2D eigenvalue weighted by Gasteiger charge is -2.39. The van der Waals surface area contributed by atoms with Crippen molar-refractivity contribution in [3.63, 3.8) is 0 Å². The van der Waals surface area contributed by atoms with Crippen molar-refractivity contribution in [3.05, 3.63) is 75.1 Å². The second-order valence-corrected chi connectivity index (χ2v) is 25.0. The van der Waals surface area contributed by atoms with Gasteiger partial charge < -0.3 is 65.8 Å². The van der Waals surface area contributed by atoms with Crippen LogP contribution in [0.15, 0.2) is 36.4 Å². The highest BCUT2D eigenvalue weighted by Crippen LogP contribution is 2.49. The van der Waals surface area contributed by atoms with Crippen LogP contribution in [0.2, 0.25) is 5.02 Å². The Labute approximate surface area is 504 Å². The molecule has 3 aromatic rings. The molecule has 14 N–H and O–H groups in total. The van der Waals surface area contributed by atoms with E-state index >= 15 is 4.39 Å². The van der Waals surface area contributed by atoms with Crippen LogP contribution in [-0.2, 0) is 6.42 Å². The highest BCUT2D eigenvalue weighted by atomic mass is 35.5. The SMILES string of the molecule is Cc1c(NC2NC(C)CC(NCC3COc4c(cc(NC5NC(C)CC(NCCNC6CC(C)NC(Nc7cc8c(c(C9=CCNC[C@@H](F)C9)c7F)OCC8)N6)N5)c(Cl)c4C4=CCNCCC4)O3)N2)cc2c(c1C1=CCN(C)CCC1)OCCO2. The number of halogens is 3. The summed E-state index contributed by atoms with van der Waals surface area (Å²) < 4.78 is 63.3. The number of allylic oxidation sites excluding steroid dienone is 3. The number of likely N-dealkylation sites (N-methyl/N-ethyl adjacent to an activating group) is 1. The smallest absolute Gasteiger partial charge is 0.170 e. The number of alkyl halides is 1. The molecule has 3 fully saturated rings. The fourth-order valence-corrected chi connectivity index (χ4v) is 13.8. The molecule has 3 saturated heterocycles. The van der Waals surface area contributed by atoms with Gasteiger partial charge in [0, 0.05) is 111 Å². The largest absolute Gasteiger partial charge is 0.492 e. The summed E-state index contributed by atoms with van der Waals surface area (Å²) in [5.74, 6) is 3.09. The number of nitrogens with zero attached hydrogens (tertiary/aromatic N) is 1. The van der Waals surface area contributed by atoms with Crippen LogP contribution < -0.4 is 98.1 Å². The van der Waals surface area contributed by atoms with Crippen LogP contribution in [0.3, 0.4) is 0 Å². The number of hydrogen-bond donors (Lipinski definition) is 14. The summed E-state index contributed by atoms with van der Waals surface area (Å²) in [6.45, 7) is 17.0. The van der Waals surface area contributed by atoms with E-state index in [1.807, 2.05) is 18.2 Å². The van der Waals surface area contributed by atoms with Gasteiger partial charge in [0.2, 0.25) is 0 Å². The zero-order chi connectivity index (χ0) is 58.6. The monoisotopic (exact) mass is 1200 g/mol. The average molecular weight is 1200 g/mol. The van der Waals surface area contributed by atoms with Crippen molar-refractivity contribution in [2.45, 2.75) is 153 Å². The molecule has 464 valence electrons. The molecule has 12 rings (SSSR count). The summed E-state index contributed by atoms with van der Waals surface area (Å²) in [6, 6.07) is 6.46. The van der Waals surface area contributed by atoms with Gasteiger partial charge in [0.1, 0.15) is 56.7 Å². The summed E-state index contributed by atoms with van der Waals surface area (Å²) in [6.07, 6.45) is 11.4. The third-order valence-corrected chi connectivity index (χ3v) is 18.1. The zero-order valence-electron chi connectivity index (χ0n) is 50.0. The average Bonchev–Trinajstić information content (AvgIpc) is 3.70. The van der Waals surface area contributed by atoms with Gasteiger partial charge >= 0.3 is 0 Å². The minimum absolute atomic E-state index is 0.00464. The minimum atomic E-state index is -1.10. The van der Waals surface area contributed by atoms with E-state index in [-0.39, 0.29) is 68.3 Å². The van der Waals surface area contributed by atoms with E-state index in [1.54, 1.807) is 0 Å². The molecule has 9 aliphatic rings. The Bertz CT molecular complexity index is 2960. The number of anilines is 3. The summed E-state index contributed by atoms with van der Waals surface area (Å²) in [4.78, 5) is 2.36. The first-order valence-electron chi connectivity index (χ1n) is 31.3. The van der Waals surface area contributed by atoms with Crippen LogP contribution in [-0.4, -0.2) is 165 Å². The Morgan fingerprint density at radius 1 is 0.635 bits per heavy atom. The predicted molar refractivity (Wildman–Crippen MR) is 333 cm³/mol. The first-order chi connectivity index (χ1) is 41.3. The molecule has 3 aromatic carbocycles. The van der Waals surface area contributed by atoms with Gasteiger partial charge in [0.25, 0.3) is 0 Å². The van der Waals surface area contributed by atoms with Crippen LogP contribution in [0.5, 0.6) is 28.7 Å². The fraction of sp³-hybridized carbons (Fsp3) is 0.613. The van der Waals surface area contributed by atoms with Crippen molar-refractivity contribution in [2.24, 2.45) is 0 Å². The molecule has 0 radical (unpaired) electrons. The van der Waals surface area contributed by atoms with Crippen molar-refractivity contribution >= 4 is 45.4 Å². The lowest BCUT2D eigenvalue weighted by atomic mass is 9.93. The molecule has 0 amide bonds. The Morgan fingerprint density at radius 2 is 1.26 bits per heavy atom. The third-order valence-electron chi connectivity index (χ3n) is 17.7. The van der Waals surface area contributed by atoms with E-state index in [2.05, 4.69) is 132 Å². The van der Waals surface area contributed by atoms with Crippen molar-refractivity contribution in [1.82, 2.24) is 63.4 Å². The lowest BCUT2D eigenvalue weighted by molar-refractivity contribution is 0.0835. The number of fused-ring (bicyclic) bond motifs is 3. The van der Waals surface area contributed by atoms with Crippen molar-refractivity contribution in [1.29, 1.82) is 0 Å². The summed E-state index contributed by atoms with van der Waals surface area (Å²) in [7, 11) is 2.18. The highest BCUT2D eigenvalue weighted by Gasteiger charge is 2.35. The maximum atomic E-state index is 16.5. The molecule has 0 aliphatic carbocycles. The Balaban J connectivity index is 0.666. The van der Waals surface area contributed by atoms with Crippen LogP contribution in [0, 0.1) is 12.7 Å². The van der Waals surface area contributed by atoms with Gasteiger partial charge in [0.05, 0.1) is 47.1 Å². The van der Waals surface area contributed by atoms with Crippen LogP contribution >= 0.6 is 11.6 Å². The first-order valence-corrected chi connectivity index (χ1v) is 31.7. The lowest BCUT2D eigenvalue weighted by Crippen LogP contribution is -2.66. The molecule has 10 unspecified atom stereocenters. The van der Waals surface area contributed by atoms with Gasteiger partial charge in [-0.2, -0.15) is 0 Å². The van der Waals surface area contributed by atoms with Crippen molar-refractivity contribution in [2.75, 3.05) is 108 Å². The minimum Gasteiger partial charge on any atom is -0.492 e. The zero-order valence-corrected chi connectivity index (χ0v) is 50.7. The summed E-state index contributed by atoms with van der Waals surface area (Å²) in [5.41, 5.74) is 9.68. The Kier molecular flexibility index (Phi) is 19.5. The van der Waals surface area contributed by atoms with E-state index in [0.29, 0.717) is 98.1 Å². The molecule has 0 bridgehead atoms. The van der Waals surface area contributed by atoms with Gasteiger partial charge in [-0.3, -0.25) is 37.2 Å². The maximum absolute atomic E-state index is 16.5. The standard InChI is InChI=1S/C62H90ClF2N15O5/c1-34-24-49(68-17-18-69-50-25-35(2)73-62(78-50)76-46-28-41-13-21-82-57(41)54(56(46)65)40-11-16-67-31-42(64)27-40)77-61(72-34)75-45-30-48-59(53(55(45)63)38-8-6-14-66-15-10-38)84-33-43(85-48)32-70-51-26-36(3)71-60(79-51)74-44-29-47-58(83-23-22-81-47)52(37(44)4)39-9-7-19-80(5)20-12-39/h10-12,28-30,34-36,42-43,49-51,60-62,66-79H,6-9,13-27,31-33H2,1-5H3/t34?,35?,36?,42-,43?,49?,50?,51?,60?,61?,62?/m0/s1. The first kappa shape index (κ1) is 60.2. The molecule has 20 nitrogen and oxygen atoms in total. The number of hydrogen-bond acceptors (Lipinski definition) is 20. The van der Waals surface area contributed by atoms with E-state index in [1.165, 1.54) is 5.57 Å². The van der Waals surface area contributed by atoms with Crippen LogP contribution in [0.4, 0.5) is 25.8 Å². The number of ether oxygens (including phenoxy) is 5. The van der Waals surface area contributed by atoms with Gasteiger partial charge in [0.15, 0.2) is 28.8 Å². The van der Waals surface area contributed by atoms with Crippen LogP contribution in [0.1, 0.15) is 100.0 Å². The van der Waals surface area contributed by atoms with Gasteiger partial charge in [-0.1, -0.05) is 29.8 Å². The quantitative estimate of drug-likeness (QED) is 0.0765. The van der Waals surface area contributed by atoms with Gasteiger partial charge in [-0.25, -0.2) is 8.78 Å². The number of rotatable bonds is 17. The van der Waals surface area contributed by atoms with E-state index in [0.717, 1.165) is 122 Å². The molecule has 0 spiro atoms. The maximum Gasteiger partial charge on any atom is 0.170 e. The van der Waals surface area contributed by atoms with Gasteiger partial charge in [-0.05, 0) is 121 Å². The van der Waals surface area contributed by atoms with Crippen molar-refractivity contribution < 1.29 is 32.5 Å². The number of nitrogens with one attached hydrogen (secondary N) is 14. The topological polar surface area (TPSA) is 218 Å². The second-order valence-electron chi connectivity index (χ2n) is 24.6. The Hall–Kier alpha value is -5.05. The van der Waals surface area contributed by atoms with E-state index in [4.69, 9.17) is 35.3 Å². The molecule has 9 aliphatic heterocycles. The molecule has 85 heavy (non-hydrogen) atoms. The highest BCUT2D eigenvalue weighted by molar-refractivity contribution is 6.35. The second kappa shape index (κ2) is 27.6. The molecule has 0 aromatic heterocycles. The number of benzene rings is 3. The van der Waals surface area contributed by atoms with Crippen molar-refractivity contribution in [3.8, 4) is 28.7 Å². The molecular formula is C62H90ClF2N15O5. The third kappa shape index (κ3) is 14.4.